The van der Waals surface area contributed by atoms with Crippen LogP contribution in [0.1, 0.15) is 11.7 Å². The third-order valence-electron chi connectivity index (χ3n) is 2.59. The minimum absolute atomic E-state index is 0.121. The van der Waals surface area contributed by atoms with E-state index in [-0.39, 0.29) is 11.3 Å². The quantitative estimate of drug-likeness (QED) is 0.331. The van der Waals surface area contributed by atoms with Gasteiger partial charge in [0.25, 0.3) is 0 Å². The minimum Gasteiger partial charge on any atom is -0.508 e. The molecule has 0 aliphatic heterocycles. The van der Waals surface area contributed by atoms with Gasteiger partial charge in [0.1, 0.15) is 35.9 Å². The number of phenols is 2. The summed E-state index contributed by atoms with van der Waals surface area (Å²) in [4.78, 5) is 0. The number of aliphatic hydroxyl groups excluding tert-OH is 5. The fraction of sp³-hybridized carbons (Fsp3) is 0.455. The van der Waals surface area contributed by atoms with Gasteiger partial charge in [-0.05, 0) is 12.1 Å². The van der Waals surface area contributed by atoms with Crippen molar-refractivity contribution in [2.45, 2.75) is 24.4 Å². The molecule has 1 aromatic rings. The molecular formula is C11H16O7. The summed E-state index contributed by atoms with van der Waals surface area (Å²) in [5.41, 5.74) is -0.121. The second-order valence-corrected chi connectivity index (χ2v) is 3.92. The van der Waals surface area contributed by atoms with Crippen molar-refractivity contribution in [3.63, 3.8) is 0 Å². The van der Waals surface area contributed by atoms with Crippen LogP contribution in [-0.2, 0) is 0 Å². The number of hydrogen-bond donors (Lipinski definition) is 7. The normalized spacial score (nSPS) is 18.1. The van der Waals surface area contributed by atoms with Crippen molar-refractivity contribution < 1.29 is 35.7 Å². The van der Waals surface area contributed by atoms with Crippen molar-refractivity contribution in [3.8, 4) is 11.5 Å². The zero-order chi connectivity index (χ0) is 13.9. The Balaban J connectivity index is 2.89. The minimum atomic E-state index is -1.80. The van der Waals surface area contributed by atoms with E-state index in [0.717, 1.165) is 12.1 Å². The summed E-state index contributed by atoms with van der Waals surface area (Å²) in [7, 11) is 0. The van der Waals surface area contributed by atoms with E-state index in [0.29, 0.717) is 0 Å². The van der Waals surface area contributed by atoms with Crippen LogP contribution in [0.5, 0.6) is 11.5 Å². The highest BCUT2D eigenvalue weighted by Gasteiger charge is 2.32. The Hall–Kier alpha value is -1.38. The number of aliphatic hydroxyl groups is 5. The third-order valence-corrected chi connectivity index (χ3v) is 2.59. The second kappa shape index (κ2) is 5.98. The number of benzene rings is 1. The molecule has 0 spiro atoms. The Morgan fingerprint density at radius 3 is 2.06 bits per heavy atom. The molecule has 7 N–H and O–H groups in total. The molecule has 0 aliphatic carbocycles. The van der Waals surface area contributed by atoms with Gasteiger partial charge in [0.05, 0.1) is 6.61 Å². The molecule has 0 heterocycles. The van der Waals surface area contributed by atoms with Gasteiger partial charge in [0.2, 0.25) is 0 Å². The molecule has 4 atom stereocenters. The van der Waals surface area contributed by atoms with Crippen LogP contribution in [0.15, 0.2) is 18.2 Å². The molecule has 7 nitrogen and oxygen atoms in total. The van der Waals surface area contributed by atoms with Crippen LogP contribution in [0.25, 0.3) is 0 Å². The number of phenolic OH excluding ortho intramolecular Hbond substituents is 2. The van der Waals surface area contributed by atoms with Gasteiger partial charge in [-0.25, -0.2) is 0 Å². The molecule has 1 aromatic carbocycles. The van der Waals surface area contributed by atoms with Crippen LogP contribution in [0.3, 0.4) is 0 Å². The molecule has 0 saturated heterocycles. The average Bonchev–Trinajstić information content (AvgIpc) is 2.35. The van der Waals surface area contributed by atoms with Crippen molar-refractivity contribution in [1.82, 2.24) is 0 Å². The van der Waals surface area contributed by atoms with Crippen molar-refractivity contribution in [1.29, 1.82) is 0 Å². The van der Waals surface area contributed by atoms with E-state index in [4.69, 9.17) is 15.3 Å². The standard InChI is InChI=1S/C11H16O7/c12-4-8(15)10(17)11(18)9(16)6-2-1-5(13)3-7(6)14/h1-3,8-18H,4H2/t8-,9+,10-,11+/m1/s1. The zero-order valence-electron chi connectivity index (χ0n) is 9.38. The Morgan fingerprint density at radius 1 is 0.944 bits per heavy atom. The molecule has 7 heteroatoms. The lowest BCUT2D eigenvalue weighted by Gasteiger charge is -2.26. The van der Waals surface area contributed by atoms with Gasteiger partial charge >= 0.3 is 0 Å². The monoisotopic (exact) mass is 260 g/mol. The van der Waals surface area contributed by atoms with E-state index in [1.54, 1.807) is 0 Å². The first-order valence-electron chi connectivity index (χ1n) is 5.23. The summed E-state index contributed by atoms with van der Waals surface area (Å²) in [5.74, 6) is -0.693. The fourth-order valence-electron chi connectivity index (χ4n) is 1.49. The van der Waals surface area contributed by atoms with Crippen molar-refractivity contribution in [2.75, 3.05) is 6.61 Å². The average molecular weight is 260 g/mol. The fourth-order valence-corrected chi connectivity index (χ4v) is 1.49. The van der Waals surface area contributed by atoms with Crippen LogP contribution in [-0.4, -0.2) is 60.7 Å². The SMILES string of the molecule is OC[C@@H](O)[C@@H](O)[C@@H](O)[C@@H](O)c1ccc(O)cc1O. The van der Waals surface area contributed by atoms with Gasteiger partial charge in [-0.15, -0.1) is 0 Å². The lowest BCUT2D eigenvalue weighted by Crippen LogP contribution is -2.42. The predicted octanol–water partition coefficient (Wildman–Crippen LogP) is -1.79. The Labute approximate surface area is 103 Å². The largest absolute Gasteiger partial charge is 0.508 e. The lowest BCUT2D eigenvalue weighted by molar-refractivity contribution is -0.116. The molecule has 102 valence electrons. The van der Waals surface area contributed by atoms with Gasteiger partial charge in [-0.1, -0.05) is 0 Å². The van der Waals surface area contributed by atoms with E-state index in [1.807, 2.05) is 0 Å². The summed E-state index contributed by atoms with van der Waals surface area (Å²) in [5, 5.41) is 65.0. The first-order valence-corrected chi connectivity index (χ1v) is 5.23. The summed E-state index contributed by atoms with van der Waals surface area (Å²) in [6, 6.07) is 3.30. The van der Waals surface area contributed by atoms with Crippen molar-refractivity contribution in [2.24, 2.45) is 0 Å². The first-order chi connectivity index (χ1) is 8.38. The van der Waals surface area contributed by atoms with Crippen LogP contribution < -0.4 is 0 Å². The van der Waals surface area contributed by atoms with Gasteiger partial charge in [0, 0.05) is 11.6 Å². The molecule has 0 unspecified atom stereocenters. The lowest BCUT2D eigenvalue weighted by atomic mass is 9.97. The van der Waals surface area contributed by atoms with Gasteiger partial charge < -0.3 is 35.7 Å². The van der Waals surface area contributed by atoms with Crippen LogP contribution in [0.4, 0.5) is 0 Å². The van der Waals surface area contributed by atoms with Crippen molar-refractivity contribution in [3.05, 3.63) is 23.8 Å². The van der Waals surface area contributed by atoms with E-state index < -0.39 is 36.8 Å². The van der Waals surface area contributed by atoms with Gasteiger partial charge in [0.15, 0.2) is 0 Å². The third kappa shape index (κ3) is 3.09. The number of aromatic hydroxyl groups is 2. The summed E-state index contributed by atoms with van der Waals surface area (Å²) in [6.45, 7) is -0.785. The molecule has 0 aromatic heterocycles. The Morgan fingerprint density at radius 2 is 1.56 bits per heavy atom. The predicted molar refractivity (Wildman–Crippen MR) is 59.8 cm³/mol. The van der Waals surface area contributed by atoms with Crippen LogP contribution in [0.2, 0.25) is 0 Å². The smallest absolute Gasteiger partial charge is 0.125 e. The molecule has 0 amide bonds. The molecule has 0 aliphatic rings. The highest BCUT2D eigenvalue weighted by Crippen LogP contribution is 2.30. The Kier molecular flexibility index (Phi) is 4.88. The summed E-state index contributed by atoms with van der Waals surface area (Å²) in [6.07, 6.45) is -6.88. The van der Waals surface area contributed by atoms with E-state index in [2.05, 4.69) is 0 Å². The maximum Gasteiger partial charge on any atom is 0.125 e. The maximum atomic E-state index is 9.73. The maximum absolute atomic E-state index is 9.73. The molecule has 0 radical (unpaired) electrons. The molecule has 18 heavy (non-hydrogen) atoms. The highest BCUT2D eigenvalue weighted by molar-refractivity contribution is 5.40. The van der Waals surface area contributed by atoms with Crippen molar-refractivity contribution >= 4 is 0 Å². The van der Waals surface area contributed by atoms with E-state index in [9.17, 15) is 20.4 Å². The number of hydrogen-bond acceptors (Lipinski definition) is 7. The number of rotatable bonds is 5. The Bertz CT molecular complexity index is 395. The second-order valence-electron chi connectivity index (χ2n) is 3.92. The molecular weight excluding hydrogens is 244 g/mol. The molecule has 1 rings (SSSR count). The molecule has 0 bridgehead atoms. The van der Waals surface area contributed by atoms with E-state index in [1.165, 1.54) is 6.07 Å². The molecule has 0 fully saturated rings. The topological polar surface area (TPSA) is 142 Å². The van der Waals surface area contributed by atoms with Crippen LogP contribution >= 0.6 is 0 Å². The highest BCUT2D eigenvalue weighted by atomic mass is 16.4. The van der Waals surface area contributed by atoms with Gasteiger partial charge in [-0.2, -0.15) is 0 Å². The molecule has 0 saturated carbocycles. The summed E-state index contributed by atoms with van der Waals surface area (Å²) >= 11 is 0. The zero-order valence-corrected chi connectivity index (χ0v) is 9.38. The van der Waals surface area contributed by atoms with Crippen LogP contribution in [0, 0.1) is 0 Å². The first kappa shape index (κ1) is 14.7. The summed E-state index contributed by atoms with van der Waals surface area (Å²) < 4.78 is 0. The van der Waals surface area contributed by atoms with E-state index >= 15 is 0 Å². The van der Waals surface area contributed by atoms with Gasteiger partial charge in [-0.3, -0.25) is 0 Å².